The lowest BCUT2D eigenvalue weighted by Gasteiger charge is -2.34. The molecule has 0 aliphatic carbocycles. The van der Waals surface area contributed by atoms with Crippen LogP contribution in [0.3, 0.4) is 0 Å². The predicted molar refractivity (Wildman–Crippen MR) is 100.0 cm³/mol. The van der Waals surface area contributed by atoms with Crippen molar-refractivity contribution >= 4 is 15.9 Å². The van der Waals surface area contributed by atoms with Crippen molar-refractivity contribution in [3.05, 3.63) is 22.2 Å². The Bertz CT molecular complexity index is 525. The van der Waals surface area contributed by atoms with Crippen LogP contribution in [0.2, 0.25) is 0 Å². The number of benzene rings is 1. The molecule has 6 heteroatoms. The van der Waals surface area contributed by atoms with Gasteiger partial charge in [-0.15, -0.1) is 0 Å². The van der Waals surface area contributed by atoms with E-state index >= 15 is 0 Å². The maximum Gasteiger partial charge on any atom is 0.161 e. The van der Waals surface area contributed by atoms with E-state index in [2.05, 4.69) is 40.0 Å². The molecule has 1 atom stereocenters. The second kappa shape index (κ2) is 9.61. The second-order valence-corrected chi connectivity index (χ2v) is 7.43. The van der Waals surface area contributed by atoms with E-state index in [0.29, 0.717) is 5.92 Å². The molecule has 1 unspecified atom stereocenters. The fourth-order valence-corrected chi connectivity index (χ4v) is 3.45. The van der Waals surface area contributed by atoms with Gasteiger partial charge in [-0.05, 0) is 23.6 Å². The lowest BCUT2D eigenvalue weighted by molar-refractivity contribution is -0.0303. The van der Waals surface area contributed by atoms with Crippen molar-refractivity contribution in [2.75, 3.05) is 47.0 Å². The summed E-state index contributed by atoms with van der Waals surface area (Å²) in [5, 5.41) is 3.50. The van der Waals surface area contributed by atoms with Crippen LogP contribution in [0.5, 0.6) is 11.5 Å². The highest BCUT2D eigenvalue weighted by atomic mass is 79.9. The van der Waals surface area contributed by atoms with Gasteiger partial charge in [0.25, 0.3) is 0 Å². The molecular formula is C18H29BrN2O3. The first-order chi connectivity index (χ1) is 11.5. The van der Waals surface area contributed by atoms with Crippen molar-refractivity contribution in [3.63, 3.8) is 0 Å². The molecule has 24 heavy (non-hydrogen) atoms. The quantitative estimate of drug-likeness (QED) is 0.726. The Kier molecular flexibility index (Phi) is 7.81. The molecule has 1 aromatic carbocycles. The molecule has 136 valence electrons. The normalized spacial score (nSPS) is 18.8. The number of hydrogen-bond donors (Lipinski definition) is 1. The molecule has 1 N–H and O–H groups in total. The number of hydrogen-bond acceptors (Lipinski definition) is 5. The molecule has 1 aliphatic heterocycles. The van der Waals surface area contributed by atoms with E-state index in [0.717, 1.165) is 60.9 Å². The summed E-state index contributed by atoms with van der Waals surface area (Å²) in [6.45, 7) is 10.1. The second-order valence-electron chi connectivity index (χ2n) is 6.58. The largest absolute Gasteiger partial charge is 0.493 e. The van der Waals surface area contributed by atoms with Crippen LogP contribution in [0, 0.1) is 5.92 Å². The van der Waals surface area contributed by atoms with E-state index in [9.17, 15) is 0 Å². The van der Waals surface area contributed by atoms with Gasteiger partial charge < -0.3 is 19.5 Å². The van der Waals surface area contributed by atoms with Gasteiger partial charge in [-0.3, -0.25) is 4.90 Å². The summed E-state index contributed by atoms with van der Waals surface area (Å²) in [6.07, 6.45) is 0.247. The highest BCUT2D eigenvalue weighted by molar-refractivity contribution is 9.10. The zero-order valence-corrected chi connectivity index (χ0v) is 16.7. The van der Waals surface area contributed by atoms with Gasteiger partial charge in [-0.25, -0.2) is 0 Å². The van der Waals surface area contributed by atoms with Crippen LogP contribution >= 0.6 is 15.9 Å². The highest BCUT2D eigenvalue weighted by Gasteiger charge is 2.20. The molecule has 1 aromatic rings. The van der Waals surface area contributed by atoms with Gasteiger partial charge in [0.1, 0.15) is 0 Å². The summed E-state index contributed by atoms with van der Waals surface area (Å²) in [5.74, 6) is 2.17. The minimum Gasteiger partial charge on any atom is -0.493 e. The Balaban J connectivity index is 1.85. The van der Waals surface area contributed by atoms with Crippen LogP contribution in [0.4, 0.5) is 0 Å². The van der Waals surface area contributed by atoms with Crippen molar-refractivity contribution in [1.82, 2.24) is 10.2 Å². The van der Waals surface area contributed by atoms with Crippen molar-refractivity contribution in [1.29, 1.82) is 0 Å². The Morgan fingerprint density at radius 1 is 1.29 bits per heavy atom. The van der Waals surface area contributed by atoms with Gasteiger partial charge in [0, 0.05) is 37.2 Å². The average Bonchev–Trinajstić information content (AvgIpc) is 2.55. The number of halogens is 1. The molecule has 2 rings (SSSR count). The van der Waals surface area contributed by atoms with Gasteiger partial charge in [-0.1, -0.05) is 29.8 Å². The SMILES string of the molecule is COc1cc(Br)c(CNCC2CN(CC(C)C)CCO2)cc1OC. The molecule has 1 saturated heterocycles. The zero-order valence-electron chi connectivity index (χ0n) is 15.1. The first-order valence-corrected chi connectivity index (χ1v) is 9.27. The molecule has 1 heterocycles. The minimum absolute atomic E-state index is 0.247. The van der Waals surface area contributed by atoms with Crippen LogP contribution in [-0.2, 0) is 11.3 Å². The minimum atomic E-state index is 0.247. The van der Waals surface area contributed by atoms with Gasteiger partial charge in [0.15, 0.2) is 11.5 Å². The Labute approximate surface area is 153 Å². The van der Waals surface area contributed by atoms with E-state index < -0.39 is 0 Å². The van der Waals surface area contributed by atoms with Crippen LogP contribution < -0.4 is 14.8 Å². The first-order valence-electron chi connectivity index (χ1n) is 8.48. The van der Waals surface area contributed by atoms with Crippen molar-refractivity contribution in [2.45, 2.75) is 26.5 Å². The van der Waals surface area contributed by atoms with Gasteiger partial charge in [-0.2, -0.15) is 0 Å². The van der Waals surface area contributed by atoms with Crippen molar-refractivity contribution in [2.24, 2.45) is 5.92 Å². The van der Waals surface area contributed by atoms with Crippen molar-refractivity contribution in [3.8, 4) is 11.5 Å². The third-order valence-corrected chi connectivity index (χ3v) is 4.82. The zero-order chi connectivity index (χ0) is 17.5. The Hall–Kier alpha value is -0.820. The van der Waals surface area contributed by atoms with E-state index in [1.807, 2.05) is 12.1 Å². The summed E-state index contributed by atoms with van der Waals surface area (Å²) < 4.78 is 17.6. The smallest absolute Gasteiger partial charge is 0.161 e. The van der Waals surface area contributed by atoms with E-state index in [1.54, 1.807) is 14.2 Å². The van der Waals surface area contributed by atoms with Gasteiger partial charge in [0.05, 0.1) is 26.9 Å². The van der Waals surface area contributed by atoms with Crippen LogP contribution in [0.15, 0.2) is 16.6 Å². The van der Waals surface area contributed by atoms with Crippen LogP contribution in [-0.4, -0.2) is 58.0 Å². The Morgan fingerprint density at radius 3 is 2.67 bits per heavy atom. The monoisotopic (exact) mass is 400 g/mol. The molecule has 0 amide bonds. The van der Waals surface area contributed by atoms with E-state index in [4.69, 9.17) is 14.2 Å². The molecule has 0 aromatic heterocycles. The summed E-state index contributed by atoms with van der Waals surface area (Å²) >= 11 is 3.60. The lowest BCUT2D eigenvalue weighted by Crippen LogP contribution is -2.47. The van der Waals surface area contributed by atoms with Crippen LogP contribution in [0.1, 0.15) is 19.4 Å². The average molecular weight is 401 g/mol. The molecule has 0 saturated carbocycles. The Morgan fingerprint density at radius 2 is 2.00 bits per heavy atom. The molecule has 0 bridgehead atoms. The van der Waals surface area contributed by atoms with E-state index in [-0.39, 0.29) is 6.10 Å². The molecule has 0 radical (unpaired) electrons. The molecular weight excluding hydrogens is 372 g/mol. The number of nitrogens with zero attached hydrogens (tertiary/aromatic N) is 1. The maximum absolute atomic E-state index is 5.88. The summed E-state index contributed by atoms with van der Waals surface area (Å²) in [6, 6.07) is 3.94. The fraction of sp³-hybridized carbons (Fsp3) is 0.667. The summed E-state index contributed by atoms with van der Waals surface area (Å²) in [5.41, 5.74) is 1.14. The van der Waals surface area contributed by atoms with Gasteiger partial charge in [0.2, 0.25) is 0 Å². The summed E-state index contributed by atoms with van der Waals surface area (Å²) in [7, 11) is 3.30. The van der Waals surface area contributed by atoms with E-state index in [1.165, 1.54) is 0 Å². The molecule has 1 aliphatic rings. The number of morpholine rings is 1. The third-order valence-electron chi connectivity index (χ3n) is 4.09. The van der Waals surface area contributed by atoms with Gasteiger partial charge >= 0.3 is 0 Å². The number of ether oxygens (including phenoxy) is 3. The highest BCUT2D eigenvalue weighted by Crippen LogP contribution is 2.33. The number of rotatable bonds is 8. The molecule has 1 fully saturated rings. The fourth-order valence-electron chi connectivity index (χ4n) is 2.99. The number of methoxy groups -OCH3 is 2. The summed E-state index contributed by atoms with van der Waals surface area (Å²) in [4.78, 5) is 2.49. The number of nitrogens with one attached hydrogen (secondary N) is 1. The first kappa shape index (κ1) is 19.5. The predicted octanol–water partition coefficient (Wildman–Crippen LogP) is 2.91. The topological polar surface area (TPSA) is 43.0 Å². The molecule has 0 spiro atoms. The third kappa shape index (κ3) is 5.62. The van der Waals surface area contributed by atoms with Crippen LogP contribution in [0.25, 0.3) is 0 Å². The van der Waals surface area contributed by atoms with Crippen molar-refractivity contribution < 1.29 is 14.2 Å². The standard InChI is InChI=1S/C18H29BrN2O3/c1-13(2)11-21-5-6-24-15(12-21)10-20-9-14-7-17(22-3)18(23-4)8-16(14)19/h7-8,13,15,20H,5-6,9-12H2,1-4H3. The molecule has 5 nitrogen and oxygen atoms in total. The lowest BCUT2D eigenvalue weighted by atomic mass is 10.1. The maximum atomic E-state index is 5.88.